The number of benzene rings is 2. The first-order valence-electron chi connectivity index (χ1n) is 9.08. The quantitative estimate of drug-likeness (QED) is 0.108. The first kappa shape index (κ1) is 27.3. The van der Waals surface area contributed by atoms with Crippen molar-refractivity contribution in [2.24, 2.45) is 0 Å². The largest absolute Gasteiger partial charge is 0.743 e. The van der Waals surface area contributed by atoms with E-state index in [1.165, 1.54) is 12.1 Å². The molecule has 0 amide bonds. The molecule has 11 nitrogen and oxygen atoms in total. The maximum absolute atomic E-state index is 13.6. The Balaban J connectivity index is 2.34. The van der Waals surface area contributed by atoms with Crippen LogP contribution in [0.5, 0.6) is 5.75 Å². The Hall–Kier alpha value is -2.92. The minimum Gasteiger partial charge on any atom is -0.743 e. The van der Waals surface area contributed by atoms with Crippen LogP contribution in [0.3, 0.4) is 0 Å². The predicted octanol–water partition coefficient (Wildman–Crippen LogP) is 3.17. The van der Waals surface area contributed by atoms with E-state index < -0.39 is 49.6 Å². The molecule has 0 aliphatic rings. The zero-order chi connectivity index (χ0) is 26.0. The molecule has 1 unspecified atom stereocenters. The van der Waals surface area contributed by atoms with Crippen LogP contribution in [0.15, 0.2) is 36.4 Å². The fourth-order valence-electron chi connectivity index (χ4n) is 2.56. The van der Waals surface area contributed by atoms with Crippen molar-refractivity contribution in [3.05, 3.63) is 61.2 Å². The van der Waals surface area contributed by atoms with E-state index >= 15 is 0 Å². The molecule has 2 rings (SSSR count). The molecule has 0 aromatic heterocycles. The standard InChI is InChI=1S/C19H17F2IN2O9S/c1-10(19(20,21)34(29,30)31)32-18(26)13-9-12(5-7-15(13)24(27)28)33-17(25)11-4-6-16(23(2)3)14(22)8-11/h4-10H,1-3H3,(H,29,30,31)/p-1. The van der Waals surface area contributed by atoms with Crippen molar-refractivity contribution in [3.8, 4) is 5.75 Å². The van der Waals surface area contributed by atoms with Gasteiger partial charge in [0.1, 0.15) is 11.3 Å². The maximum atomic E-state index is 13.6. The molecule has 0 heterocycles. The van der Waals surface area contributed by atoms with Crippen LogP contribution in [0.2, 0.25) is 0 Å². The molecule has 2 aromatic rings. The van der Waals surface area contributed by atoms with E-state index in [1.807, 2.05) is 27.5 Å². The van der Waals surface area contributed by atoms with E-state index in [1.54, 1.807) is 20.2 Å². The van der Waals surface area contributed by atoms with E-state index in [2.05, 4.69) is 4.74 Å². The number of anilines is 1. The highest BCUT2D eigenvalue weighted by molar-refractivity contribution is 14.1. The number of carbonyl (C=O) groups is 2. The number of halogens is 3. The third kappa shape index (κ3) is 5.95. The Bertz CT molecular complexity index is 1250. The van der Waals surface area contributed by atoms with Gasteiger partial charge < -0.3 is 18.9 Å². The summed E-state index contributed by atoms with van der Waals surface area (Å²) in [6, 6.07) is 7.10. The second-order valence-electron chi connectivity index (χ2n) is 6.95. The van der Waals surface area contributed by atoms with Gasteiger partial charge in [0, 0.05) is 35.5 Å². The zero-order valence-corrected chi connectivity index (χ0v) is 20.6. The van der Waals surface area contributed by atoms with Crippen LogP contribution in [0.4, 0.5) is 20.2 Å². The Labute approximate surface area is 205 Å². The number of esters is 2. The molecule has 0 fully saturated rings. The minimum atomic E-state index is -6.19. The normalized spacial score (nSPS) is 12.6. The lowest BCUT2D eigenvalue weighted by Gasteiger charge is -2.25. The zero-order valence-electron chi connectivity index (χ0n) is 17.7. The number of nitro groups is 1. The molecule has 0 N–H and O–H groups in total. The molecule has 34 heavy (non-hydrogen) atoms. The first-order chi connectivity index (χ1) is 15.6. The van der Waals surface area contributed by atoms with E-state index in [-0.39, 0.29) is 11.3 Å². The molecule has 0 bridgehead atoms. The molecular weight excluding hydrogens is 597 g/mol. The third-order valence-corrected chi connectivity index (χ3v) is 6.21. The SMILES string of the molecule is CC(OC(=O)c1cc(OC(=O)c2ccc(N(C)C)c(I)c2)ccc1[N+](=O)[O-])C(F)(F)S(=O)(=O)[O-]. The van der Waals surface area contributed by atoms with Crippen LogP contribution < -0.4 is 9.64 Å². The van der Waals surface area contributed by atoms with Crippen LogP contribution in [0.25, 0.3) is 0 Å². The summed E-state index contributed by atoms with van der Waals surface area (Å²) in [5.41, 5.74) is -0.858. The highest BCUT2D eigenvalue weighted by atomic mass is 127. The summed E-state index contributed by atoms with van der Waals surface area (Å²) in [5, 5.41) is 6.25. The second kappa shape index (κ2) is 10.1. The molecule has 184 valence electrons. The summed E-state index contributed by atoms with van der Waals surface area (Å²) in [4.78, 5) is 36.8. The molecule has 0 aliphatic heterocycles. The average molecular weight is 613 g/mol. The van der Waals surface area contributed by atoms with Crippen molar-refractivity contribution >= 4 is 56.0 Å². The number of nitrogens with zero attached hydrogens (tertiary/aromatic N) is 2. The molecular formula is C19H16F2IN2O9S-. The van der Waals surface area contributed by atoms with Crippen LogP contribution in [0, 0.1) is 13.7 Å². The number of alkyl halides is 2. The van der Waals surface area contributed by atoms with Crippen molar-refractivity contribution in [1.29, 1.82) is 0 Å². The fraction of sp³-hybridized carbons (Fsp3) is 0.263. The Morgan fingerprint density at radius 3 is 2.26 bits per heavy atom. The molecule has 2 aromatic carbocycles. The van der Waals surface area contributed by atoms with Gasteiger partial charge in [-0.15, -0.1) is 0 Å². The summed E-state index contributed by atoms with van der Waals surface area (Å²) in [6.07, 6.45) is -2.76. The smallest absolute Gasteiger partial charge is 0.370 e. The number of ether oxygens (including phenoxy) is 2. The van der Waals surface area contributed by atoms with Crippen molar-refractivity contribution < 1.29 is 45.7 Å². The number of hydrogen-bond donors (Lipinski definition) is 0. The molecule has 1 atom stereocenters. The summed E-state index contributed by atoms with van der Waals surface area (Å²) in [7, 11) is -2.59. The summed E-state index contributed by atoms with van der Waals surface area (Å²) >= 11 is 2.00. The summed E-state index contributed by atoms with van der Waals surface area (Å²) in [6.45, 7) is 0.433. The average Bonchev–Trinajstić information content (AvgIpc) is 2.72. The van der Waals surface area contributed by atoms with Gasteiger partial charge in [-0.25, -0.2) is 18.0 Å². The first-order valence-corrected chi connectivity index (χ1v) is 11.6. The van der Waals surface area contributed by atoms with E-state index in [9.17, 15) is 41.5 Å². The van der Waals surface area contributed by atoms with Crippen molar-refractivity contribution in [2.45, 2.75) is 18.3 Å². The highest BCUT2D eigenvalue weighted by Crippen LogP contribution is 2.31. The van der Waals surface area contributed by atoms with Gasteiger partial charge in [0.15, 0.2) is 16.2 Å². The van der Waals surface area contributed by atoms with Gasteiger partial charge in [-0.1, -0.05) is 0 Å². The Morgan fingerprint density at radius 2 is 1.76 bits per heavy atom. The number of nitro benzene ring substituents is 1. The third-order valence-electron chi connectivity index (χ3n) is 4.35. The molecule has 0 spiro atoms. The van der Waals surface area contributed by atoms with E-state index in [0.29, 0.717) is 16.6 Å². The Kier molecular flexibility index (Phi) is 8.15. The second-order valence-corrected chi connectivity index (χ2v) is 9.56. The lowest BCUT2D eigenvalue weighted by molar-refractivity contribution is -0.385. The number of carbonyl (C=O) groups excluding carboxylic acids is 2. The number of rotatable bonds is 8. The van der Waals surface area contributed by atoms with Gasteiger partial charge in [-0.05, 0) is 53.8 Å². The van der Waals surface area contributed by atoms with Crippen molar-refractivity contribution in [2.75, 3.05) is 19.0 Å². The van der Waals surface area contributed by atoms with Gasteiger partial charge in [0.2, 0.25) is 0 Å². The van der Waals surface area contributed by atoms with E-state index in [0.717, 1.165) is 17.8 Å². The van der Waals surface area contributed by atoms with Gasteiger partial charge in [0.05, 0.1) is 10.5 Å². The highest BCUT2D eigenvalue weighted by Gasteiger charge is 2.47. The van der Waals surface area contributed by atoms with Gasteiger partial charge in [-0.3, -0.25) is 10.1 Å². The van der Waals surface area contributed by atoms with Gasteiger partial charge >= 0.3 is 17.2 Å². The van der Waals surface area contributed by atoms with Crippen LogP contribution in [-0.2, 0) is 14.9 Å². The van der Waals surface area contributed by atoms with Crippen LogP contribution in [0.1, 0.15) is 27.6 Å². The summed E-state index contributed by atoms with van der Waals surface area (Å²) < 4.78 is 69.5. The van der Waals surface area contributed by atoms with Gasteiger partial charge in [-0.2, -0.15) is 8.78 Å². The molecule has 0 saturated carbocycles. The number of hydrogen-bond acceptors (Lipinski definition) is 10. The molecule has 0 radical (unpaired) electrons. The maximum Gasteiger partial charge on any atom is 0.370 e. The molecule has 0 saturated heterocycles. The van der Waals surface area contributed by atoms with Crippen LogP contribution >= 0.6 is 22.6 Å². The summed E-state index contributed by atoms with van der Waals surface area (Å²) in [5.74, 6) is -2.97. The minimum absolute atomic E-state index is 0.117. The van der Waals surface area contributed by atoms with Crippen molar-refractivity contribution in [1.82, 2.24) is 0 Å². The lowest BCUT2D eigenvalue weighted by atomic mass is 10.1. The lowest BCUT2D eigenvalue weighted by Crippen LogP contribution is -2.42. The predicted molar refractivity (Wildman–Crippen MR) is 121 cm³/mol. The molecule has 15 heteroatoms. The fourth-order valence-corrected chi connectivity index (χ4v) is 4.01. The van der Waals surface area contributed by atoms with Gasteiger partial charge in [0.25, 0.3) is 5.69 Å². The molecule has 0 aliphatic carbocycles. The topological polar surface area (TPSA) is 156 Å². The van der Waals surface area contributed by atoms with Crippen molar-refractivity contribution in [3.63, 3.8) is 0 Å². The monoisotopic (exact) mass is 613 g/mol. The Morgan fingerprint density at radius 1 is 1.15 bits per heavy atom. The van der Waals surface area contributed by atoms with E-state index in [4.69, 9.17) is 4.74 Å². The van der Waals surface area contributed by atoms with Crippen LogP contribution in [-0.4, -0.2) is 55.3 Å².